The molecule has 0 fully saturated rings. The average molecular weight is 445 g/mol. The van der Waals surface area contributed by atoms with Gasteiger partial charge >= 0.3 is 5.97 Å². The van der Waals surface area contributed by atoms with Gasteiger partial charge in [-0.15, -0.1) is 0 Å². The minimum atomic E-state index is -1.64. The quantitative estimate of drug-likeness (QED) is 0.260. The van der Waals surface area contributed by atoms with Gasteiger partial charge in [0.1, 0.15) is 6.10 Å². The molecule has 4 nitrogen and oxygen atoms in total. The third-order valence-corrected chi connectivity index (χ3v) is 10.2. The van der Waals surface area contributed by atoms with Gasteiger partial charge in [-0.1, -0.05) is 42.8 Å². The molecule has 0 amide bonds. The second-order valence-corrected chi connectivity index (χ2v) is 14.2. The molecular weight excluding hydrogens is 412 g/mol. The zero-order valence-electron chi connectivity index (χ0n) is 17.0. The summed E-state index contributed by atoms with van der Waals surface area (Å²) in [5, 5.41) is 0.251. The van der Waals surface area contributed by atoms with Crippen molar-refractivity contribution in [2.45, 2.75) is 84.0 Å². The third-order valence-electron chi connectivity index (χ3n) is 5.04. The first-order chi connectivity index (χ1) is 11.9. The van der Waals surface area contributed by atoms with Crippen LogP contribution >= 0.6 is 15.9 Å². The number of carbonyl (C=O) groups excluding carboxylic acids is 2. The summed E-state index contributed by atoms with van der Waals surface area (Å²) in [5.74, 6) is -0.292. The molecule has 1 atom stereocenters. The number of unbranched alkanes of at least 4 members (excludes halogenated alkanes) is 2. The van der Waals surface area contributed by atoms with E-state index in [1.807, 2.05) is 0 Å². The van der Waals surface area contributed by atoms with Gasteiger partial charge in [-0.05, 0) is 53.5 Å². The van der Waals surface area contributed by atoms with E-state index in [0.717, 1.165) is 35.9 Å². The summed E-state index contributed by atoms with van der Waals surface area (Å²) >= 11 is 3.55. The maximum absolute atomic E-state index is 12.0. The first kappa shape index (κ1) is 23.3. The number of carbonyl (C=O) groups is 2. The smallest absolute Gasteiger partial charge is 0.303 e. The molecule has 0 radical (unpaired) electrons. The van der Waals surface area contributed by atoms with Crippen molar-refractivity contribution in [2.75, 3.05) is 6.61 Å². The van der Waals surface area contributed by atoms with E-state index in [9.17, 15) is 9.59 Å². The third kappa shape index (κ3) is 7.88. The normalized spacial score (nSPS) is 18.9. The lowest BCUT2D eigenvalue weighted by Crippen LogP contribution is -2.40. The van der Waals surface area contributed by atoms with Crippen molar-refractivity contribution in [1.29, 1.82) is 0 Å². The number of hydrogen-bond donors (Lipinski definition) is 0. The Morgan fingerprint density at radius 1 is 1.35 bits per heavy atom. The van der Waals surface area contributed by atoms with Crippen LogP contribution in [0.15, 0.2) is 22.2 Å². The first-order valence-corrected chi connectivity index (χ1v) is 13.0. The van der Waals surface area contributed by atoms with Crippen LogP contribution in [0, 0.1) is 0 Å². The molecule has 0 bridgehead atoms. The Bertz CT molecular complexity index is 573. The summed E-state index contributed by atoms with van der Waals surface area (Å²) < 4.78 is 12.3. The second kappa shape index (κ2) is 9.99. The van der Waals surface area contributed by atoms with Gasteiger partial charge in [0, 0.05) is 20.0 Å². The van der Waals surface area contributed by atoms with Crippen molar-refractivity contribution in [2.24, 2.45) is 0 Å². The molecule has 1 unspecified atom stereocenters. The molecule has 0 saturated heterocycles. The summed E-state index contributed by atoms with van der Waals surface area (Å²) in [7, 11) is -1.64. The summed E-state index contributed by atoms with van der Waals surface area (Å²) in [5.41, 5.74) is 0.723. The largest absolute Gasteiger partial charge is 0.458 e. The van der Waals surface area contributed by atoms with Crippen LogP contribution in [0.25, 0.3) is 0 Å². The Morgan fingerprint density at radius 2 is 2.00 bits per heavy atom. The highest BCUT2D eigenvalue weighted by molar-refractivity contribution is 9.11. The van der Waals surface area contributed by atoms with Gasteiger partial charge in [-0.2, -0.15) is 0 Å². The second-order valence-electron chi connectivity index (χ2n) is 8.40. The van der Waals surface area contributed by atoms with Crippen LogP contribution < -0.4 is 0 Å². The van der Waals surface area contributed by atoms with E-state index in [1.165, 1.54) is 6.92 Å². The molecule has 0 aliphatic heterocycles. The molecule has 0 aromatic carbocycles. The number of hydrogen-bond acceptors (Lipinski definition) is 4. The molecule has 6 heteroatoms. The number of halogens is 1. The van der Waals surface area contributed by atoms with Gasteiger partial charge in [-0.25, -0.2) is 0 Å². The number of rotatable bonds is 9. The van der Waals surface area contributed by atoms with E-state index in [2.05, 4.69) is 55.9 Å². The van der Waals surface area contributed by atoms with Crippen molar-refractivity contribution < 1.29 is 18.8 Å². The zero-order chi connectivity index (χ0) is 20.0. The molecule has 1 aliphatic rings. The molecule has 26 heavy (non-hydrogen) atoms. The van der Waals surface area contributed by atoms with E-state index in [1.54, 1.807) is 6.08 Å². The molecule has 148 valence electrons. The van der Waals surface area contributed by atoms with E-state index < -0.39 is 14.4 Å². The Kier molecular flexibility index (Phi) is 8.96. The van der Waals surface area contributed by atoms with Crippen molar-refractivity contribution >= 4 is 36.0 Å². The fraction of sp³-hybridized carbons (Fsp3) is 0.700. The summed E-state index contributed by atoms with van der Waals surface area (Å²) in [6.07, 6.45) is 7.38. The van der Waals surface area contributed by atoms with Crippen LogP contribution in [0.1, 0.15) is 59.8 Å². The van der Waals surface area contributed by atoms with Crippen LogP contribution in [0.2, 0.25) is 18.1 Å². The van der Waals surface area contributed by atoms with Crippen molar-refractivity contribution in [3.63, 3.8) is 0 Å². The van der Waals surface area contributed by atoms with Gasteiger partial charge in [0.25, 0.3) is 0 Å². The lowest BCUT2D eigenvalue weighted by molar-refractivity contribution is -0.144. The number of Topliss-reactive ketones (excluding diaryl/α,β-unsaturated/α-hetero) is 1. The Hall–Kier alpha value is -0.723. The molecule has 0 heterocycles. The Labute approximate surface area is 167 Å². The van der Waals surface area contributed by atoms with Crippen LogP contribution in [0.5, 0.6) is 0 Å². The van der Waals surface area contributed by atoms with Gasteiger partial charge < -0.3 is 9.16 Å². The summed E-state index contributed by atoms with van der Waals surface area (Å²) in [4.78, 5) is 23.0. The molecule has 0 N–H and O–H groups in total. The van der Waals surface area contributed by atoms with E-state index in [0.29, 0.717) is 6.42 Å². The van der Waals surface area contributed by atoms with Crippen LogP contribution in [0.4, 0.5) is 0 Å². The van der Waals surface area contributed by atoms with Crippen LogP contribution in [-0.2, 0) is 18.8 Å². The highest BCUT2D eigenvalue weighted by Crippen LogP contribution is 2.36. The number of esters is 1. The fourth-order valence-corrected chi connectivity index (χ4v) is 4.06. The number of ether oxygens (including phenoxy) is 1. The van der Waals surface area contributed by atoms with Crippen molar-refractivity contribution in [3.8, 4) is 0 Å². The van der Waals surface area contributed by atoms with Crippen LogP contribution in [0.3, 0.4) is 0 Å². The average Bonchev–Trinajstić information content (AvgIpc) is 2.80. The fourth-order valence-electron chi connectivity index (χ4n) is 2.44. The lowest BCUT2D eigenvalue weighted by atomic mass is 10.1. The Balaban J connectivity index is 2.32. The minimum absolute atomic E-state index is 0.0596. The predicted molar refractivity (Wildman–Crippen MR) is 112 cm³/mol. The lowest BCUT2D eigenvalue weighted by Gasteiger charge is -2.36. The molecule has 1 aliphatic carbocycles. The summed E-state index contributed by atoms with van der Waals surface area (Å²) in [6, 6.07) is 0. The van der Waals surface area contributed by atoms with Gasteiger partial charge in [0.15, 0.2) is 14.1 Å². The number of ketones is 1. The molecule has 0 saturated carbocycles. The SMILES string of the molecule is CC(=O)OC1C=C(CC(Br)=CCCCCO[Si](C)(C)C(C)(C)C)C(=O)C1. The maximum Gasteiger partial charge on any atom is 0.303 e. The predicted octanol–water partition coefficient (Wildman–Crippen LogP) is 5.68. The first-order valence-electron chi connectivity index (χ1n) is 9.32. The highest BCUT2D eigenvalue weighted by atomic mass is 79.9. The molecule has 0 spiro atoms. The maximum atomic E-state index is 12.0. The van der Waals surface area contributed by atoms with Crippen molar-refractivity contribution in [1.82, 2.24) is 0 Å². The highest BCUT2D eigenvalue weighted by Gasteiger charge is 2.36. The van der Waals surface area contributed by atoms with E-state index in [-0.39, 0.29) is 23.2 Å². The molecule has 0 aromatic heterocycles. The number of allylic oxidation sites excluding steroid dienone is 3. The summed E-state index contributed by atoms with van der Waals surface area (Å²) in [6.45, 7) is 13.5. The molecular formula is C20H33BrO4Si. The monoisotopic (exact) mass is 444 g/mol. The zero-order valence-corrected chi connectivity index (χ0v) is 19.6. The molecule has 0 aromatic rings. The van der Waals surface area contributed by atoms with Gasteiger partial charge in [-0.3, -0.25) is 9.59 Å². The topological polar surface area (TPSA) is 52.6 Å². The van der Waals surface area contributed by atoms with E-state index >= 15 is 0 Å². The van der Waals surface area contributed by atoms with Crippen molar-refractivity contribution in [3.05, 3.63) is 22.2 Å². The standard InChI is InChI=1S/C20H33BrO4Si/c1-15(22)25-18-13-16(19(23)14-18)12-17(21)10-8-7-9-11-24-26(5,6)20(2,3)4/h10,13,18H,7-9,11-12,14H2,1-6H3. The minimum Gasteiger partial charge on any atom is -0.458 e. The van der Waals surface area contributed by atoms with E-state index in [4.69, 9.17) is 9.16 Å². The molecule has 1 rings (SSSR count). The van der Waals surface area contributed by atoms with Gasteiger partial charge in [0.2, 0.25) is 0 Å². The van der Waals surface area contributed by atoms with Gasteiger partial charge in [0.05, 0.1) is 6.42 Å². The van der Waals surface area contributed by atoms with Crippen LogP contribution in [-0.4, -0.2) is 32.8 Å². The Morgan fingerprint density at radius 3 is 2.58 bits per heavy atom.